The van der Waals surface area contributed by atoms with E-state index in [0.717, 1.165) is 37.6 Å². The molecule has 0 saturated carbocycles. The van der Waals surface area contributed by atoms with Crippen molar-refractivity contribution in [3.8, 4) is 11.5 Å². The molecule has 1 N–H and O–H groups in total. The van der Waals surface area contributed by atoms with Crippen molar-refractivity contribution in [2.45, 2.75) is 39.7 Å². The fourth-order valence-electron chi connectivity index (χ4n) is 3.15. The molecule has 0 aliphatic carbocycles. The van der Waals surface area contributed by atoms with Crippen molar-refractivity contribution < 1.29 is 9.47 Å². The summed E-state index contributed by atoms with van der Waals surface area (Å²) in [4.78, 5) is 2.44. The zero-order valence-corrected chi connectivity index (χ0v) is 14.8. The molecule has 0 unspecified atom stereocenters. The average molecular weight is 329 g/mol. The topological polar surface area (TPSA) is 50.4 Å². The third kappa shape index (κ3) is 3.90. The van der Waals surface area contributed by atoms with Crippen LogP contribution in [0, 0.1) is 0 Å². The van der Waals surface area contributed by atoms with Crippen LogP contribution in [0.3, 0.4) is 0 Å². The van der Waals surface area contributed by atoms with Crippen LogP contribution in [0.15, 0.2) is 24.3 Å². The number of aromatic nitrogens is 2. The molecular weight excluding hydrogens is 302 g/mol. The Hall–Kier alpha value is -2.01. The molecule has 0 spiro atoms. The largest absolute Gasteiger partial charge is 0.494 e. The zero-order chi connectivity index (χ0) is 16.9. The Kier molecular flexibility index (Phi) is 5.41. The minimum atomic E-state index is 0.461. The summed E-state index contributed by atoms with van der Waals surface area (Å²) in [7, 11) is 0. The lowest BCUT2D eigenvalue weighted by Gasteiger charge is -2.27. The summed E-state index contributed by atoms with van der Waals surface area (Å²) < 4.78 is 11.4. The molecule has 3 rings (SSSR count). The number of ether oxygens (including phenoxy) is 2. The second kappa shape index (κ2) is 7.71. The van der Waals surface area contributed by atoms with E-state index in [1.807, 2.05) is 31.2 Å². The molecule has 0 amide bonds. The van der Waals surface area contributed by atoms with E-state index in [-0.39, 0.29) is 0 Å². The SMILES string of the molecule is CCOc1cccc(OCCN2CCc3[nH]nc(C(C)C)c3C2)c1. The lowest BCUT2D eigenvalue weighted by Crippen LogP contribution is -2.34. The Labute approximate surface area is 144 Å². The van der Waals surface area contributed by atoms with Crippen LogP contribution in [0.4, 0.5) is 0 Å². The molecule has 5 nitrogen and oxygen atoms in total. The van der Waals surface area contributed by atoms with Crippen molar-refractivity contribution in [1.29, 1.82) is 0 Å². The molecular formula is C19H27N3O2. The summed E-state index contributed by atoms with van der Waals surface area (Å²) in [6, 6.07) is 7.84. The van der Waals surface area contributed by atoms with E-state index in [1.165, 1.54) is 17.0 Å². The van der Waals surface area contributed by atoms with Crippen molar-refractivity contribution in [2.75, 3.05) is 26.3 Å². The molecule has 0 atom stereocenters. The van der Waals surface area contributed by atoms with Gasteiger partial charge in [0.25, 0.3) is 0 Å². The normalized spacial score (nSPS) is 14.7. The highest BCUT2D eigenvalue weighted by molar-refractivity contribution is 5.33. The lowest BCUT2D eigenvalue weighted by atomic mass is 9.99. The fraction of sp³-hybridized carbons (Fsp3) is 0.526. The monoisotopic (exact) mass is 329 g/mol. The third-order valence-corrected chi connectivity index (χ3v) is 4.38. The van der Waals surface area contributed by atoms with Gasteiger partial charge in [-0.05, 0) is 25.0 Å². The summed E-state index contributed by atoms with van der Waals surface area (Å²) in [5.41, 5.74) is 3.90. The highest BCUT2D eigenvalue weighted by Crippen LogP contribution is 2.25. The summed E-state index contributed by atoms with van der Waals surface area (Å²) in [5, 5.41) is 7.70. The lowest BCUT2D eigenvalue weighted by molar-refractivity contribution is 0.195. The van der Waals surface area contributed by atoms with E-state index in [2.05, 4.69) is 28.9 Å². The Balaban J connectivity index is 1.53. The van der Waals surface area contributed by atoms with E-state index in [4.69, 9.17) is 9.47 Å². The number of nitrogens with zero attached hydrogens (tertiary/aromatic N) is 2. The van der Waals surface area contributed by atoms with Crippen molar-refractivity contribution in [2.24, 2.45) is 0 Å². The van der Waals surface area contributed by atoms with Gasteiger partial charge >= 0.3 is 0 Å². The Bertz CT molecular complexity index is 666. The van der Waals surface area contributed by atoms with Crippen molar-refractivity contribution in [3.63, 3.8) is 0 Å². The van der Waals surface area contributed by atoms with Gasteiger partial charge in [0, 0.05) is 43.4 Å². The van der Waals surface area contributed by atoms with Gasteiger partial charge in [-0.2, -0.15) is 5.10 Å². The van der Waals surface area contributed by atoms with E-state index < -0.39 is 0 Å². The summed E-state index contributed by atoms with van der Waals surface area (Å²) >= 11 is 0. The van der Waals surface area contributed by atoms with Gasteiger partial charge in [-0.1, -0.05) is 19.9 Å². The number of nitrogens with one attached hydrogen (secondary N) is 1. The number of hydrogen-bond acceptors (Lipinski definition) is 4. The van der Waals surface area contributed by atoms with Gasteiger partial charge in [0.2, 0.25) is 0 Å². The van der Waals surface area contributed by atoms with Crippen LogP contribution in [-0.4, -0.2) is 41.4 Å². The minimum Gasteiger partial charge on any atom is -0.494 e. The van der Waals surface area contributed by atoms with Gasteiger partial charge < -0.3 is 9.47 Å². The van der Waals surface area contributed by atoms with Crippen LogP contribution in [0.1, 0.15) is 43.6 Å². The van der Waals surface area contributed by atoms with Crippen LogP contribution in [0.2, 0.25) is 0 Å². The maximum absolute atomic E-state index is 5.90. The molecule has 1 aromatic carbocycles. The molecule has 1 aliphatic heterocycles. The molecule has 0 bridgehead atoms. The number of rotatable bonds is 7. The first kappa shape index (κ1) is 16.8. The number of fused-ring (bicyclic) bond motifs is 1. The molecule has 0 saturated heterocycles. The summed E-state index contributed by atoms with van der Waals surface area (Å²) in [6.45, 7) is 10.7. The summed E-state index contributed by atoms with van der Waals surface area (Å²) in [6.07, 6.45) is 1.04. The molecule has 2 aromatic rings. The second-order valence-electron chi connectivity index (χ2n) is 6.50. The number of hydrogen-bond donors (Lipinski definition) is 1. The van der Waals surface area contributed by atoms with Crippen LogP contribution in [0.5, 0.6) is 11.5 Å². The fourth-order valence-corrected chi connectivity index (χ4v) is 3.15. The van der Waals surface area contributed by atoms with Crippen molar-refractivity contribution >= 4 is 0 Å². The predicted octanol–water partition coefficient (Wildman–Crippen LogP) is 3.37. The maximum Gasteiger partial charge on any atom is 0.123 e. The van der Waals surface area contributed by atoms with Gasteiger partial charge in [-0.3, -0.25) is 10.00 Å². The molecule has 1 aliphatic rings. The predicted molar refractivity (Wildman–Crippen MR) is 94.8 cm³/mol. The highest BCUT2D eigenvalue weighted by atomic mass is 16.5. The molecule has 0 radical (unpaired) electrons. The van der Waals surface area contributed by atoms with Gasteiger partial charge in [-0.15, -0.1) is 0 Å². The number of benzene rings is 1. The van der Waals surface area contributed by atoms with Crippen LogP contribution >= 0.6 is 0 Å². The zero-order valence-electron chi connectivity index (χ0n) is 14.8. The van der Waals surface area contributed by atoms with Crippen LogP contribution in [0.25, 0.3) is 0 Å². The van der Waals surface area contributed by atoms with Gasteiger partial charge in [-0.25, -0.2) is 0 Å². The highest BCUT2D eigenvalue weighted by Gasteiger charge is 2.22. The van der Waals surface area contributed by atoms with Crippen LogP contribution < -0.4 is 9.47 Å². The molecule has 1 aromatic heterocycles. The smallest absolute Gasteiger partial charge is 0.123 e. The van der Waals surface area contributed by atoms with Gasteiger partial charge in [0.05, 0.1) is 12.3 Å². The minimum absolute atomic E-state index is 0.461. The van der Waals surface area contributed by atoms with E-state index in [0.29, 0.717) is 19.1 Å². The maximum atomic E-state index is 5.90. The number of H-pyrrole nitrogens is 1. The van der Waals surface area contributed by atoms with E-state index >= 15 is 0 Å². The second-order valence-corrected chi connectivity index (χ2v) is 6.50. The standard InChI is InChI=1S/C19H27N3O2/c1-4-23-15-6-5-7-16(12-15)24-11-10-22-9-8-18-17(13-22)19(14(2)3)21-20-18/h5-7,12,14H,4,8-11,13H2,1-3H3,(H,20,21). The van der Waals surface area contributed by atoms with Gasteiger partial charge in [0.15, 0.2) is 0 Å². The summed E-state index contributed by atoms with van der Waals surface area (Å²) in [5.74, 6) is 2.19. The van der Waals surface area contributed by atoms with Gasteiger partial charge in [0.1, 0.15) is 18.1 Å². The molecule has 2 heterocycles. The molecule has 5 heteroatoms. The van der Waals surface area contributed by atoms with E-state index in [9.17, 15) is 0 Å². The molecule has 0 fully saturated rings. The number of aromatic amines is 1. The first-order chi connectivity index (χ1) is 11.7. The average Bonchev–Trinajstić information content (AvgIpc) is 2.99. The van der Waals surface area contributed by atoms with Crippen molar-refractivity contribution in [3.05, 3.63) is 41.2 Å². The molecule has 130 valence electrons. The quantitative estimate of drug-likeness (QED) is 0.846. The van der Waals surface area contributed by atoms with E-state index in [1.54, 1.807) is 0 Å². The van der Waals surface area contributed by atoms with Crippen LogP contribution in [-0.2, 0) is 13.0 Å². The van der Waals surface area contributed by atoms with Crippen molar-refractivity contribution in [1.82, 2.24) is 15.1 Å². The Morgan fingerprint density at radius 1 is 1.25 bits per heavy atom. The first-order valence-electron chi connectivity index (χ1n) is 8.81. The Morgan fingerprint density at radius 2 is 2.04 bits per heavy atom. The Morgan fingerprint density at radius 3 is 2.79 bits per heavy atom. The molecule has 24 heavy (non-hydrogen) atoms. The third-order valence-electron chi connectivity index (χ3n) is 4.38. The first-order valence-corrected chi connectivity index (χ1v) is 8.81.